The Morgan fingerprint density at radius 2 is 2.06 bits per heavy atom. The van der Waals surface area contributed by atoms with Gasteiger partial charge >= 0.3 is 6.09 Å². The van der Waals surface area contributed by atoms with E-state index in [1.165, 1.54) is 7.11 Å². The minimum absolute atomic E-state index is 0.173. The van der Waals surface area contributed by atoms with Crippen LogP contribution in [-0.2, 0) is 9.47 Å². The Labute approximate surface area is 195 Å². The quantitative estimate of drug-likeness (QED) is 0.455. The second-order valence-electron chi connectivity index (χ2n) is 9.32. The number of rotatable bonds is 5. The second-order valence-corrected chi connectivity index (χ2v) is 9.32. The highest BCUT2D eigenvalue weighted by atomic mass is 16.5. The molecule has 3 aliphatic heterocycles. The van der Waals surface area contributed by atoms with Gasteiger partial charge in [-0.15, -0.1) is 0 Å². The minimum Gasteiger partial charge on any atom is -0.453 e. The van der Waals surface area contributed by atoms with E-state index in [1.807, 2.05) is 18.0 Å². The highest BCUT2D eigenvalue weighted by Gasteiger charge is 2.43. The van der Waals surface area contributed by atoms with Gasteiger partial charge in [-0.05, 0) is 51.5 Å². The smallest absolute Gasteiger partial charge is 0.409 e. The SMILES string of the molecule is COC(=O)N1[C@@H]2CCC[C@H]1C[C@H](N(C)c1nc(NC(=N)/C=C(/C)N)cc(C3CCOC3)n1)C2. The third-order valence-electron chi connectivity index (χ3n) is 6.92. The number of nitrogens with zero attached hydrogens (tertiary/aromatic N) is 4. The molecule has 10 nitrogen and oxygen atoms in total. The van der Waals surface area contributed by atoms with Crippen LogP contribution in [0, 0.1) is 5.41 Å². The van der Waals surface area contributed by atoms with Crippen molar-refractivity contribution in [2.24, 2.45) is 5.73 Å². The Balaban J connectivity index is 1.58. The van der Waals surface area contributed by atoms with Crippen LogP contribution in [0.25, 0.3) is 0 Å². The lowest BCUT2D eigenvalue weighted by Gasteiger charge is -2.49. The summed E-state index contributed by atoms with van der Waals surface area (Å²) in [6, 6.07) is 2.47. The Kier molecular flexibility index (Phi) is 7.02. The molecule has 0 radical (unpaired) electrons. The van der Waals surface area contributed by atoms with Gasteiger partial charge in [-0.3, -0.25) is 5.41 Å². The number of amides is 1. The number of fused-ring (bicyclic) bond motifs is 2. The molecule has 2 bridgehead atoms. The second kappa shape index (κ2) is 9.94. The fourth-order valence-electron chi connectivity index (χ4n) is 5.29. The molecular weight excluding hydrogens is 422 g/mol. The van der Waals surface area contributed by atoms with E-state index in [2.05, 4.69) is 10.2 Å². The molecule has 4 N–H and O–H groups in total. The third-order valence-corrected chi connectivity index (χ3v) is 6.92. The standard InChI is InChI=1S/C23H35N7O3/c1-14(24)9-20(25)27-21-12-19(15-7-8-33-13-15)26-22(28-21)29(2)18-10-16-5-4-6-17(11-18)30(16)23(31)32-3/h9,12,15-18H,4-8,10-11,13,24H2,1-3H3,(H2,25,26,27,28)/b14-9-/t15?,16-,17+,18-. The van der Waals surface area contributed by atoms with Gasteiger partial charge in [0, 0.05) is 49.5 Å². The number of ether oxygens (including phenoxy) is 2. The van der Waals surface area contributed by atoms with Crippen LogP contribution >= 0.6 is 0 Å². The van der Waals surface area contributed by atoms with Crippen molar-refractivity contribution in [3.05, 3.63) is 23.5 Å². The number of amidine groups is 1. The van der Waals surface area contributed by atoms with Gasteiger partial charge in [0.05, 0.1) is 19.4 Å². The topological polar surface area (TPSA) is 130 Å². The van der Waals surface area contributed by atoms with Crippen molar-refractivity contribution in [2.75, 3.05) is 37.6 Å². The van der Waals surface area contributed by atoms with E-state index < -0.39 is 0 Å². The van der Waals surface area contributed by atoms with Gasteiger partial charge in [0.25, 0.3) is 0 Å². The summed E-state index contributed by atoms with van der Waals surface area (Å²) in [6.45, 7) is 3.11. The van der Waals surface area contributed by atoms with Crippen LogP contribution in [0.5, 0.6) is 0 Å². The molecule has 3 fully saturated rings. The van der Waals surface area contributed by atoms with Crippen molar-refractivity contribution in [1.82, 2.24) is 14.9 Å². The molecule has 4 rings (SSSR count). The number of piperidine rings is 2. The van der Waals surface area contributed by atoms with E-state index >= 15 is 0 Å². The molecule has 0 spiro atoms. The first-order chi connectivity index (χ1) is 15.9. The minimum atomic E-state index is -0.224. The van der Waals surface area contributed by atoms with E-state index in [4.69, 9.17) is 30.6 Å². The summed E-state index contributed by atoms with van der Waals surface area (Å²) < 4.78 is 10.6. The normalized spacial score (nSPS) is 27.2. The van der Waals surface area contributed by atoms with Crippen LogP contribution in [0.15, 0.2) is 17.8 Å². The number of hydrogen-bond donors (Lipinski definition) is 3. The lowest BCUT2D eigenvalue weighted by molar-refractivity contribution is 0.0260. The molecule has 180 valence electrons. The van der Waals surface area contributed by atoms with Crippen LogP contribution in [0.3, 0.4) is 0 Å². The maximum atomic E-state index is 12.4. The maximum absolute atomic E-state index is 12.4. The van der Waals surface area contributed by atoms with Gasteiger partial charge in [-0.25, -0.2) is 9.78 Å². The number of aromatic nitrogens is 2. The van der Waals surface area contributed by atoms with Gasteiger partial charge in [0.2, 0.25) is 5.95 Å². The zero-order valence-electron chi connectivity index (χ0n) is 19.7. The van der Waals surface area contributed by atoms with Gasteiger partial charge < -0.3 is 30.3 Å². The van der Waals surface area contributed by atoms with E-state index in [0.29, 0.717) is 24.1 Å². The van der Waals surface area contributed by atoms with E-state index in [0.717, 1.165) is 50.8 Å². The number of hydrogen-bond acceptors (Lipinski definition) is 8. The number of carbonyl (C=O) groups is 1. The van der Waals surface area contributed by atoms with E-state index in [9.17, 15) is 4.79 Å². The average Bonchev–Trinajstić information content (AvgIpc) is 3.31. The first-order valence-electron chi connectivity index (χ1n) is 11.7. The number of carbonyl (C=O) groups excluding carboxylic acids is 1. The zero-order valence-corrected chi connectivity index (χ0v) is 19.7. The molecule has 1 unspecified atom stereocenters. The molecule has 0 aliphatic carbocycles. The molecule has 1 amide bonds. The summed E-state index contributed by atoms with van der Waals surface area (Å²) in [5.41, 5.74) is 7.19. The van der Waals surface area contributed by atoms with E-state index in [-0.39, 0.29) is 36.0 Å². The fraction of sp³-hybridized carbons (Fsp3) is 0.652. The van der Waals surface area contributed by atoms with Gasteiger partial charge in [-0.1, -0.05) is 0 Å². The summed E-state index contributed by atoms with van der Waals surface area (Å²) in [6.07, 6.45) is 7.09. The Bertz CT molecular complexity index is 897. The first kappa shape index (κ1) is 23.3. The highest BCUT2D eigenvalue weighted by Crippen LogP contribution is 2.37. The molecule has 10 heteroatoms. The summed E-state index contributed by atoms with van der Waals surface area (Å²) >= 11 is 0. The molecule has 1 aromatic heterocycles. The molecule has 4 heterocycles. The van der Waals surface area contributed by atoms with Crippen LogP contribution in [0.2, 0.25) is 0 Å². The Morgan fingerprint density at radius 3 is 2.67 bits per heavy atom. The Morgan fingerprint density at radius 1 is 1.33 bits per heavy atom. The number of nitrogens with one attached hydrogen (secondary N) is 2. The van der Waals surface area contributed by atoms with Crippen molar-refractivity contribution in [3.8, 4) is 0 Å². The zero-order chi connectivity index (χ0) is 23.5. The van der Waals surface area contributed by atoms with Crippen molar-refractivity contribution in [2.45, 2.75) is 69.5 Å². The van der Waals surface area contributed by atoms with Crippen molar-refractivity contribution in [3.63, 3.8) is 0 Å². The summed E-state index contributed by atoms with van der Waals surface area (Å²) in [5, 5.41) is 11.2. The number of nitrogens with two attached hydrogens (primary N) is 1. The van der Waals surface area contributed by atoms with Crippen LogP contribution in [-0.4, -0.2) is 72.3 Å². The largest absolute Gasteiger partial charge is 0.453 e. The van der Waals surface area contributed by atoms with Crippen LogP contribution in [0.1, 0.15) is 57.1 Å². The lowest BCUT2D eigenvalue weighted by Crippen LogP contribution is -2.58. The number of anilines is 2. The highest BCUT2D eigenvalue weighted by molar-refractivity contribution is 6.01. The molecule has 0 aromatic carbocycles. The lowest BCUT2D eigenvalue weighted by atomic mass is 9.81. The molecule has 1 aromatic rings. The average molecular weight is 458 g/mol. The summed E-state index contributed by atoms with van der Waals surface area (Å²) in [4.78, 5) is 26.1. The predicted molar refractivity (Wildman–Crippen MR) is 127 cm³/mol. The van der Waals surface area contributed by atoms with Crippen molar-refractivity contribution in [1.29, 1.82) is 5.41 Å². The third kappa shape index (κ3) is 5.21. The van der Waals surface area contributed by atoms with Gasteiger partial charge in [0.15, 0.2) is 0 Å². The van der Waals surface area contributed by atoms with Crippen molar-refractivity contribution < 1.29 is 14.3 Å². The molecule has 33 heavy (non-hydrogen) atoms. The number of allylic oxidation sites excluding steroid dienone is 1. The predicted octanol–water partition coefficient (Wildman–Crippen LogP) is 2.82. The summed E-state index contributed by atoms with van der Waals surface area (Å²) in [5.74, 6) is 1.58. The maximum Gasteiger partial charge on any atom is 0.409 e. The molecule has 0 saturated carbocycles. The molecule has 3 saturated heterocycles. The van der Waals surface area contributed by atoms with Gasteiger partial charge in [-0.2, -0.15) is 4.98 Å². The van der Waals surface area contributed by atoms with Crippen LogP contribution in [0.4, 0.5) is 16.6 Å². The molecule has 3 aliphatic rings. The van der Waals surface area contributed by atoms with Crippen molar-refractivity contribution >= 4 is 23.7 Å². The monoisotopic (exact) mass is 457 g/mol. The summed E-state index contributed by atoms with van der Waals surface area (Å²) in [7, 11) is 3.48. The molecular formula is C23H35N7O3. The fourth-order valence-corrected chi connectivity index (χ4v) is 5.29. The van der Waals surface area contributed by atoms with Gasteiger partial charge in [0.1, 0.15) is 11.7 Å². The number of methoxy groups -OCH3 is 1. The molecule has 4 atom stereocenters. The Hall–Kier alpha value is -2.88. The van der Waals surface area contributed by atoms with E-state index in [1.54, 1.807) is 13.0 Å². The first-order valence-corrected chi connectivity index (χ1v) is 11.7. The van der Waals surface area contributed by atoms with Crippen LogP contribution < -0.4 is 16.0 Å².